The molecule has 3 aromatic rings. The Morgan fingerprint density at radius 2 is 1.71 bits per heavy atom. The van der Waals surface area contributed by atoms with Crippen LogP contribution in [-0.2, 0) is 6.54 Å². The SMILES string of the molecule is COc1ccc2c(c1)N(CC=C(C)C)c1ncccc1N(Cc1ccc(OC(F)(F)F)cc1)C2=O. The van der Waals surface area contributed by atoms with Gasteiger partial charge in [-0.3, -0.25) is 4.79 Å². The van der Waals surface area contributed by atoms with E-state index in [1.807, 2.05) is 24.8 Å². The molecule has 0 atom stereocenters. The van der Waals surface area contributed by atoms with Crippen LogP contribution < -0.4 is 19.3 Å². The van der Waals surface area contributed by atoms with Gasteiger partial charge in [-0.25, -0.2) is 4.98 Å². The third-order valence-corrected chi connectivity index (χ3v) is 5.46. The predicted molar refractivity (Wildman–Crippen MR) is 127 cm³/mol. The van der Waals surface area contributed by atoms with Crippen LogP contribution in [0.2, 0.25) is 0 Å². The van der Waals surface area contributed by atoms with Gasteiger partial charge in [-0.2, -0.15) is 0 Å². The number of fused-ring (bicyclic) bond motifs is 2. The molecule has 182 valence electrons. The molecule has 1 amide bonds. The van der Waals surface area contributed by atoms with Gasteiger partial charge in [0, 0.05) is 18.8 Å². The highest BCUT2D eigenvalue weighted by Crippen LogP contribution is 2.41. The van der Waals surface area contributed by atoms with Gasteiger partial charge in [0.25, 0.3) is 5.91 Å². The number of methoxy groups -OCH3 is 1. The summed E-state index contributed by atoms with van der Waals surface area (Å²) in [5.74, 6) is 0.607. The lowest BCUT2D eigenvalue weighted by Crippen LogP contribution is -2.29. The monoisotopic (exact) mass is 483 g/mol. The molecule has 0 unspecified atom stereocenters. The van der Waals surface area contributed by atoms with Gasteiger partial charge in [0.2, 0.25) is 0 Å². The third-order valence-electron chi connectivity index (χ3n) is 5.46. The van der Waals surface area contributed by atoms with Gasteiger partial charge in [-0.15, -0.1) is 13.2 Å². The quantitative estimate of drug-likeness (QED) is 0.388. The molecule has 2 heterocycles. The number of benzene rings is 2. The zero-order valence-corrected chi connectivity index (χ0v) is 19.5. The summed E-state index contributed by atoms with van der Waals surface area (Å²) in [6.07, 6.45) is -1.07. The predicted octanol–water partition coefficient (Wildman–Crippen LogP) is 6.25. The highest BCUT2D eigenvalue weighted by molar-refractivity contribution is 6.13. The molecule has 1 aliphatic rings. The van der Waals surface area contributed by atoms with Crippen molar-refractivity contribution in [1.29, 1.82) is 0 Å². The molecule has 0 saturated carbocycles. The minimum absolute atomic E-state index is 0.131. The zero-order valence-electron chi connectivity index (χ0n) is 19.5. The number of anilines is 3. The Labute approximate surface area is 201 Å². The Morgan fingerprint density at radius 3 is 2.37 bits per heavy atom. The fourth-order valence-corrected chi connectivity index (χ4v) is 3.81. The number of hydrogen-bond acceptors (Lipinski definition) is 5. The van der Waals surface area contributed by atoms with Gasteiger partial charge < -0.3 is 19.3 Å². The Morgan fingerprint density at radius 1 is 1.00 bits per heavy atom. The molecule has 0 radical (unpaired) electrons. The number of ether oxygens (including phenoxy) is 2. The number of amides is 1. The van der Waals surface area contributed by atoms with Crippen molar-refractivity contribution in [3.8, 4) is 11.5 Å². The Kier molecular flexibility index (Phi) is 6.68. The van der Waals surface area contributed by atoms with Crippen LogP contribution in [0.4, 0.5) is 30.4 Å². The molecule has 0 spiro atoms. The number of hydrogen-bond donors (Lipinski definition) is 0. The van der Waals surface area contributed by atoms with Crippen LogP contribution >= 0.6 is 0 Å². The van der Waals surface area contributed by atoms with E-state index >= 15 is 0 Å². The van der Waals surface area contributed by atoms with Gasteiger partial charge in [-0.05, 0) is 55.8 Å². The summed E-state index contributed by atoms with van der Waals surface area (Å²) >= 11 is 0. The Bertz CT molecular complexity index is 1250. The summed E-state index contributed by atoms with van der Waals surface area (Å²) in [5.41, 5.74) is 3.45. The lowest BCUT2D eigenvalue weighted by atomic mass is 10.1. The van der Waals surface area contributed by atoms with Crippen molar-refractivity contribution in [3.63, 3.8) is 0 Å². The standard InChI is InChI=1S/C26H24F3N3O3/c1-17(2)12-14-31-23-15-20(34-3)10-11-21(23)25(33)32(22-5-4-13-30-24(22)31)16-18-6-8-19(9-7-18)35-26(27,28)29/h4-13,15H,14,16H2,1-3H3. The Balaban J connectivity index is 1.78. The summed E-state index contributed by atoms with van der Waals surface area (Å²) in [6, 6.07) is 14.3. The molecule has 0 bridgehead atoms. The first-order chi connectivity index (χ1) is 16.7. The maximum Gasteiger partial charge on any atom is 0.573 e. The average molecular weight is 483 g/mol. The molecule has 1 aliphatic heterocycles. The van der Waals surface area contributed by atoms with Crippen LogP contribution in [-0.4, -0.2) is 30.9 Å². The summed E-state index contributed by atoms with van der Waals surface area (Å²) in [4.78, 5) is 21.9. The first kappa shape index (κ1) is 24.1. The highest BCUT2D eigenvalue weighted by atomic mass is 19.4. The first-order valence-corrected chi connectivity index (χ1v) is 10.9. The van der Waals surface area contributed by atoms with Gasteiger partial charge in [-0.1, -0.05) is 23.8 Å². The van der Waals surface area contributed by atoms with E-state index in [-0.39, 0.29) is 18.2 Å². The average Bonchev–Trinajstić information content (AvgIpc) is 2.91. The third kappa shape index (κ3) is 5.40. The molecule has 4 rings (SSSR count). The van der Waals surface area contributed by atoms with E-state index in [9.17, 15) is 18.0 Å². The smallest absolute Gasteiger partial charge is 0.497 e. The van der Waals surface area contributed by atoms with Crippen molar-refractivity contribution >= 4 is 23.1 Å². The van der Waals surface area contributed by atoms with Crippen LogP contribution in [0.15, 0.2) is 72.4 Å². The molecule has 6 nitrogen and oxygen atoms in total. The van der Waals surface area contributed by atoms with Crippen LogP contribution in [0.25, 0.3) is 0 Å². The van der Waals surface area contributed by atoms with E-state index in [0.29, 0.717) is 40.6 Å². The number of rotatable bonds is 6. The second-order valence-corrected chi connectivity index (χ2v) is 8.20. The minimum Gasteiger partial charge on any atom is -0.497 e. The van der Waals surface area contributed by atoms with Crippen LogP contribution in [0.5, 0.6) is 11.5 Å². The maximum atomic E-state index is 13.8. The minimum atomic E-state index is -4.77. The summed E-state index contributed by atoms with van der Waals surface area (Å²) in [7, 11) is 1.56. The molecule has 0 fully saturated rings. The molecular formula is C26H24F3N3O3. The number of alkyl halides is 3. The molecule has 0 aliphatic carbocycles. The number of halogens is 3. The van der Waals surface area contributed by atoms with Gasteiger partial charge in [0.1, 0.15) is 11.5 Å². The van der Waals surface area contributed by atoms with Crippen molar-refractivity contribution < 1.29 is 27.4 Å². The van der Waals surface area contributed by atoms with Gasteiger partial charge in [0.15, 0.2) is 5.82 Å². The van der Waals surface area contributed by atoms with Crippen molar-refractivity contribution in [2.24, 2.45) is 0 Å². The molecule has 0 saturated heterocycles. The van der Waals surface area contributed by atoms with Crippen LogP contribution in [0.3, 0.4) is 0 Å². The van der Waals surface area contributed by atoms with E-state index in [0.717, 1.165) is 5.57 Å². The van der Waals surface area contributed by atoms with Crippen LogP contribution in [0.1, 0.15) is 29.8 Å². The van der Waals surface area contributed by atoms with E-state index in [4.69, 9.17) is 4.74 Å². The number of nitrogens with zero attached hydrogens (tertiary/aromatic N) is 3. The fraction of sp³-hybridized carbons (Fsp3) is 0.231. The van der Waals surface area contributed by atoms with Crippen molar-refractivity contribution in [3.05, 3.63) is 83.6 Å². The molecule has 35 heavy (non-hydrogen) atoms. The number of carbonyl (C=O) groups is 1. The summed E-state index contributed by atoms with van der Waals surface area (Å²) < 4.78 is 46.9. The molecule has 2 aromatic carbocycles. The van der Waals surface area contributed by atoms with Crippen molar-refractivity contribution in [1.82, 2.24) is 4.98 Å². The number of allylic oxidation sites excluding steroid dienone is 1. The lowest BCUT2D eigenvalue weighted by Gasteiger charge is -2.25. The van der Waals surface area contributed by atoms with E-state index in [1.54, 1.807) is 48.5 Å². The Hall–Kier alpha value is -4.01. The van der Waals surface area contributed by atoms with Crippen molar-refractivity contribution in [2.75, 3.05) is 23.5 Å². The lowest BCUT2D eigenvalue weighted by molar-refractivity contribution is -0.274. The summed E-state index contributed by atoms with van der Waals surface area (Å²) in [6.45, 7) is 4.60. The molecule has 1 aromatic heterocycles. The maximum absolute atomic E-state index is 13.8. The van der Waals surface area contributed by atoms with Crippen molar-refractivity contribution in [2.45, 2.75) is 26.8 Å². The zero-order chi connectivity index (χ0) is 25.2. The normalized spacial score (nSPS) is 13.0. The van der Waals surface area contributed by atoms with E-state index < -0.39 is 6.36 Å². The molecule has 9 heteroatoms. The second kappa shape index (κ2) is 9.69. The van der Waals surface area contributed by atoms with E-state index in [2.05, 4.69) is 9.72 Å². The fourth-order valence-electron chi connectivity index (χ4n) is 3.81. The number of pyridine rings is 1. The molecule has 0 N–H and O–H groups in total. The highest BCUT2D eigenvalue weighted by Gasteiger charge is 2.33. The molecular weight excluding hydrogens is 459 g/mol. The number of aromatic nitrogens is 1. The second-order valence-electron chi connectivity index (χ2n) is 8.20. The summed E-state index contributed by atoms with van der Waals surface area (Å²) in [5, 5.41) is 0. The van der Waals surface area contributed by atoms with Crippen LogP contribution in [0, 0.1) is 0 Å². The van der Waals surface area contributed by atoms with E-state index in [1.165, 1.54) is 24.3 Å². The van der Waals surface area contributed by atoms with Gasteiger partial charge >= 0.3 is 6.36 Å². The number of carbonyl (C=O) groups excluding carboxylic acids is 1. The van der Waals surface area contributed by atoms with Gasteiger partial charge in [0.05, 0.1) is 30.6 Å². The topological polar surface area (TPSA) is 54.9 Å². The largest absolute Gasteiger partial charge is 0.573 e. The first-order valence-electron chi connectivity index (χ1n) is 10.9.